The molecule has 0 amide bonds. The fraction of sp³-hybridized carbons (Fsp3) is 0.444. The van der Waals surface area contributed by atoms with Gasteiger partial charge in [-0.1, -0.05) is 0 Å². The lowest BCUT2D eigenvalue weighted by molar-refractivity contribution is 0.0702. The number of hydrogen-bond donors (Lipinski definition) is 3. The standard InChI is InChI=1S/C9H13NO5S2/c11-4-2-1-3-10-17(14,15)7-5-8(9(12)13)16-6-7/h5-6,10-11H,1-4H2,(H,12,13). The van der Waals surface area contributed by atoms with Gasteiger partial charge in [0.1, 0.15) is 4.88 Å². The highest BCUT2D eigenvalue weighted by molar-refractivity contribution is 7.89. The van der Waals surface area contributed by atoms with Crippen molar-refractivity contribution in [1.82, 2.24) is 4.72 Å². The number of aliphatic hydroxyl groups is 1. The molecule has 1 aromatic heterocycles. The molecular weight excluding hydrogens is 266 g/mol. The number of thiophene rings is 1. The number of carboxylic acid groups (broad SMARTS) is 1. The summed E-state index contributed by atoms with van der Waals surface area (Å²) in [6.07, 6.45) is 1.05. The number of hydrogen-bond acceptors (Lipinski definition) is 5. The van der Waals surface area contributed by atoms with Gasteiger partial charge in [-0.3, -0.25) is 0 Å². The quantitative estimate of drug-likeness (QED) is 0.630. The van der Waals surface area contributed by atoms with Gasteiger partial charge in [-0.2, -0.15) is 0 Å². The SMILES string of the molecule is O=C(O)c1cc(S(=O)(=O)NCCCCO)cs1. The summed E-state index contributed by atoms with van der Waals surface area (Å²) in [6.45, 7) is 0.241. The van der Waals surface area contributed by atoms with E-state index in [2.05, 4.69) is 4.72 Å². The van der Waals surface area contributed by atoms with Crippen molar-refractivity contribution in [2.45, 2.75) is 17.7 Å². The van der Waals surface area contributed by atoms with Crippen LogP contribution in [-0.4, -0.2) is 37.8 Å². The number of carboxylic acids is 1. The molecule has 1 heterocycles. The fourth-order valence-corrected chi connectivity index (χ4v) is 3.28. The fourth-order valence-electron chi connectivity index (χ4n) is 1.10. The third kappa shape index (κ3) is 4.08. The zero-order chi connectivity index (χ0) is 12.9. The Bertz CT molecular complexity index is 479. The van der Waals surface area contributed by atoms with E-state index in [1.54, 1.807) is 0 Å². The van der Waals surface area contributed by atoms with Crippen LogP contribution in [0.1, 0.15) is 22.5 Å². The average Bonchev–Trinajstić information content (AvgIpc) is 2.74. The number of sulfonamides is 1. The van der Waals surface area contributed by atoms with Gasteiger partial charge in [0, 0.05) is 18.5 Å². The van der Waals surface area contributed by atoms with Crippen molar-refractivity contribution >= 4 is 27.3 Å². The van der Waals surface area contributed by atoms with Crippen molar-refractivity contribution in [3.05, 3.63) is 16.3 Å². The van der Waals surface area contributed by atoms with Crippen molar-refractivity contribution in [3.63, 3.8) is 0 Å². The third-order valence-electron chi connectivity index (χ3n) is 1.97. The van der Waals surface area contributed by atoms with E-state index < -0.39 is 16.0 Å². The van der Waals surface area contributed by atoms with Crippen LogP contribution >= 0.6 is 11.3 Å². The van der Waals surface area contributed by atoms with Crippen LogP contribution in [0.5, 0.6) is 0 Å². The molecule has 0 atom stereocenters. The highest BCUT2D eigenvalue weighted by atomic mass is 32.2. The maximum Gasteiger partial charge on any atom is 0.345 e. The molecule has 0 aliphatic carbocycles. The molecule has 3 N–H and O–H groups in total. The second kappa shape index (κ2) is 6.10. The summed E-state index contributed by atoms with van der Waals surface area (Å²) in [5.74, 6) is -1.14. The Balaban J connectivity index is 2.66. The zero-order valence-electron chi connectivity index (χ0n) is 8.92. The minimum absolute atomic E-state index is 0.0132. The molecule has 0 aliphatic rings. The predicted octanol–water partition coefficient (Wildman–Crippen LogP) is 0.497. The molecule has 6 nitrogen and oxygen atoms in total. The number of rotatable bonds is 7. The molecule has 1 rings (SSSR count). The predicted molar refractivity (Wildman–Crippen MR) is 62.8 cm³/mol. The van der Waals surface area contributed by atoms with Crippen LogP contribution in [-0.2, 0) is 10.0 Å². The second-order valence-electron chi connectivity index (χ2n) is 3.28. The minimum Gasteiger partial charge on any atom is -0.477 e. The summed E-state index contributed by atoms with van der Waals surface area (Å²) in [6, 6.07) is 1.13. The van der Waals surface area contributed by atoms with Crippen molar-refractivity contribution in [1.29, 1.82) is 0 Å². The second-order valence-corrected chi connectivity index (χ2v) is 5.96. The van der Waals surface area contributed by atoms with Crippen LogP contribution in [0.25, 0.3) is 0 Å². The van der Waals surface area contributed by atoms with Crippen LogP contribution in [0.3, 0.4) is 0 Å². The highest BCUT2D eigenvalue weighted by Crippen LogP contribution is 2.18. The zero-order valence-corrected chi connectivity index (χ0v) is 10.6. The monoisotopic (exact) mass is 279 g/mol. The summed E-state index contributed by atoms with van der Waals surface area (Å²) >= 11 is 0.870. The molecule has 17 heavy (non-hydrogen) atoms. The first-order chi connectivity index (χ1) is 7.97. The molecule has 0 bridgehead atoms. The third-order valence-corrected chi connectivity index (χ3v) is 4.48. The number of unbranched alkanes of at least 4 members (excludes halogenated alkanes) is 1. The summed E-state index contributed by atoms with van der Waals surface area (Å²) in [4.78, 5) is 10.6. The van der Waals surface area contributed by atoms with Gasteiger partial charge in [-0.15, -0.1) is 11.3 Å². The van der Waals surface area contributed by atoms with Gasteiger partial charge in [0.05, 0.1) is 4.90 Å². The van der Waals surface area contributed by atoms with Crippen LogP contribution in [0, 0.1) is 0 Å². The van der Waals surface area contributed by atoms with Gasteiger partial charge < -0.3 is 10.2 Å². The van der Waals surface area contributed by atoms with E-state index in [1.807, 2.05) is 0 Å². The van der Waals surface area contributed by atoms with Crippen LogP contribution in [0.4, 0.5) is 0 Å². The number of nitrogens with one attached hydrogen (secondary N) is 1. The van der Waals surface area contributed by atoms with Crippen LogP contribution in [0.15, 0.2) is 16.3 Å². The summed E-state index contributed by atoms with van der Waals surface area (Å²) in [5.41, 5.74) is 0. The molecule has 0 aromatic carbocycles. The Labute approximate surface area is 103 Å². The molecule has 0 unspecified atom stereocenters. The van der Waals surface area contributed by atoms with E-state index in [-0.39, 0.29) is 22.9 Å². The summed E-state index contributed by atoms with van der Waals surface area (Å²) in [5, 5.41) is 18.5. The van der Waals surface area contributed by atoms with Gasteiger partial charge in [0.2, 0.25) is 10.0 Å². The minimum atomic E-state index is -3.64. The summed E-state index contributed by atoms with van der Waals surface area (Å²) < 4.78 is 25.7. The smallest absolute Gasteiger partial charge is 0.345 e. The first-order valence-corrected chi connectivity index (χ1v) is 7.26. The lowest BCUT2D eigenvalue weighted by atomic mass is 10.3. The normalized spacial score (nSPS) is 11.6. The molecule has 0 saturated heterocycles. The van der Waals surface area contributed by atoms with Crippen LogP contribution in [0.2, 0.25) is 0 Å². The average molecular weight is 279 g/mol. The molecule has 0 fully saturated rings. The molecule has 0 saturated carbocycles. The van der Waals surface area contributed by atoms with Crippen molar-refractivity contribution in [2.75, 3.05) is 13.2 Å². The number of aliphatic hydroxyl groups excluding tert-OH is 1. The van der Waals surface area contributed by atoms with Gasteiger partial charge in [-0.25, -0.2) is 17.9 Å². The molecule has 8 heteroatoms. The summed E-state index contributed by atoms with van der Waals surface area (Å²) in [7, 11) is -3.64. The Morgan fingerprint density at radius 3 is 2.65 bits per heavy atom. The van der Waals surface area contributed by atoms with Crippen molar-refractivity contribution in [3.8, 4) is 0 Å². The van der Waals surface area contributed by atoms with E-state index in [0.717, 1.165) is 17.4 Å². The molecule has 96 valence electrons. The van der Waals surface area contributed by atoms with E-state index in [0.29, 0.717) is 12.8 Å². The molecular formula is C9H13NO5S2. The number of carbonyl (C=O) groups is 1. The van der Waals surface area contributed by atoms with E-state index in [4.69, 9.17) is 10.2 Å². The van der Waals surface area contributed by atoms with Crippen molar-refractivity contribution in [2.24, 2.45) is 0 Å². The lowest BCUT2D eigenvalue weighted by Crippen LogP contribution is -2.24. The Morgan fingerprint density at radius 1 is 1.41 bits per heavy atom. The van der Waals surface area contributed by atoms with Crippen molar-refractivity contribution < 1.29 is 23.4 Å². The first-order valence-electron chi connectivity index (χ1n) is 4.89. The van der Waals surface area contributed by atoms with E-state index in [9.17, 15) is 13.2 Å². The topological polar surface area (TPSA) is 104 Å². The molecule has 0 aliphatic heterocycles. The van der Waals surface area contributed by atoms with Gasteiger partial charge in [0.25, 0.3) is 0 Å². The van der Waals surface area contributed by atoms with E-state index in [1.165, 1.54) is 5.38 Å². The highest BCUT2D eigenvalue weighted by Gasteiger charge is 2.17. The Hall–Kier alpha value is -0.960. The molecule has 0 radical (unpaired) electrons. The first kappa shape index (κ1) is 14.1. The Morgan fingerprint density at radius 2 is 2.12 bits per heavy atom. The molecule has 0 spiro atoms. The van der Waals surface area contributed by atoms with E-state index >= 15 is 0 Å². The molecule has 1 aromatic rings. The van der Waals surface area contributed by atoms with Gasteiger partial charge >= 0.3 is 5.97 Å². The lowest BCUT2D eigenvalue weighted by Gasteiger charge is -2.03. The Kier molecular flexibility index (Phi) is 5.06. The maximum atomic E-state index is 11.7. The van der Waals surface area contributed by atoms with Crippen LogP contribution < -0.4 is 4.72 Å². The number of aromatic carboxylic acids is 1. The largest absolute Gasteiger partial charge is 0.477 e. The maximum absolute atomic E-state index is 11.7. The van der Waals surface area contributed by atoms with Gasteiger partial charge in [-0.05, 0) is 18.9 Å². The van der Waals surface area contributed by atoms with Gasteiger partial charge in [0.15, 0.2) is 0 Å².